The first-order valence-electron chi connectivity index (χ1n) is 9.71. The summed E-state index contributed by atoms with van der Waals surface area (Å²) in [6.07, 6.45) is -3.85. The molecule has 2 aliphatic rings. The smallest absolute Gasteiger partial charge is 0.492 e. The van der Waals surface area contributed by atoms with Gasteiger partial charge < -0.3 is 15.1 Å². The lowest BCUT2D eigenvalue weighted by atomic mass is 9.75. The third-order valence-electron chi connectivity index (χ3n) is 5.50. The Morgan fingerprint density at radius 3 is 2.35 bits per heavy atom. The van der Waals surface area contributed by atoms with Gasteiger partial charge in [-0.2, -0.15) is 13.2 Å². The maximum Gasteiger partial charge on any atom is 0.492 e. The second-order valence-corrected chi connectivity index (χ2v) is 10.7. The van der Waals surface area contributed by atoms with Gasteiger partial charge in [0.1, 0.15) is 21.8 Å². The van der Waals surface area contributed by atoms with Gasteiger partial charge >= 0.3 is 12.1 Å². The van der Waals surface area contributed by atoms with Crippen molar-refractivity contribution in [3.05, 3.63) is 34.9 Å². The van der Waals surface area contributed by atoms with Gasteiger partial charge in [0, 0.05) is 29.6 Å². The van der Waals surface area contributed by atoms with Crippen molar-refractivity contribution in [3.8, 4) is 0 Å². The average molecular weight is 459 g/mol. The fraction of sp³-hybridized carbons (Fsp3) is 0.550. The van der Waals surface area contributed by atoms with Crippen molar-refractivity contribution < 1.29 is 32.2 Å². The lowest BCUT2D eigenvalue weighted by Crippen LogP contribution is -2.46. The summed E-state index contributed by atoms with van der Waals surface area (Å²) in [5.41, 5.74) is 7.25. The molecule has 1 spiro atoms. The van der Waals surface area contributed by atoms with Crippen LogP contribution >= 0.6 is 0 Å². The van der Waals surface area contributed by atoms with Crippen molar-refractivity contribution in [2.45, 2.75) is 51.0 Å². The molecule has 0 bridgehead atoms. The second-order valence-electron chi connectivity index (χ2n) is 8.80. The van der Waals surface area contributed by atoms with Crippen molar-refractivity contribution in [2.24, 2.45) is 15.5 Å². The molecule has 0 aromatic heterocycles. The number of piperidine rings is 1. The number of nitrogens with zero attached hydrogens (tertiary/aromatic N) is 2. The molecule has 1 aliphatic heterocycles. The van der Waals surface area contributed by atoms with Gasteiger partial charge in [-0.15, -0.1) is 5.06 Å². The number of carbonyl (C=O) groups is 2. The number of amides is 1. The fourth-order valence-corrected chi connectivity index (χ4v) is 4.52. The average Bonchev–Trinajstić information content (AvgIpc) is 2.94. The Morgan fingerprint density at radius 1 is 1.23 bits per heavy atom. The first-order chi connectivity index (χ1) is 14.2. The molecule has 3 rings (SSSR count). The zero-order chi connectivity index (χ0) is 23.2. The largest absolute Gasteiger partial charge is 0.591 e. The van der Waals surface area contributed by atoms with E-state index in [1.165, 1.54) is 0 Å². The lowest BCUT2D eigenvalue weighted by Gasteiger charge is -2.38. The maximum absolute atomic E-state index is 12.8. The lowest BCUT2D eigenvalue weighted by molar-refractivity contribution is -0.243. The van der Waals surface area contributed by atoms with E-state index in [0.717, 1.165) is 10.6 Å². The van der Waals surface area contributed by atoms with Crippen LogP contribution in [0, 0.1) is 5.41 Å². The molecule has 1 amide bonds. The number of carbonyl (C=O) groups excluding carboxylic acids is 2. The number of hydrogen-bond donors (Lipinski definition) is 1. The Morgan fingerprint density at radius 2 is 1.84 bits per heavy atom. The molecule has 1 fully saturated rings. The molecule has 7 nitrogen and oxygen atoms in total. The number of fused-ring (bicyclic) bond motifs is 1. The van der Waals surface area contributed by atoms with Gasteiger partial charge in [-0.3, -0.25) is 4.79 Å². The minimum absolute atomic E-state index is 0.0691. The van der Waals surface area contributed by atoms with E-state index >= 15 is 0 Å². The maximum atomic E-state index is 12.8. The quantitative estimate of drug-likeness (QED) is 0.700. The predicted octanol–water partition coefficient (Wildman–Crippen LogP) is 2.70. The Balaban J connectivity index is 1.92. The minimum atomic E-state index is -5.07. The van der Waals surface area contributed by atoms with Gasteiger partial charge in [-0.1, -0.05) is 10.5 Å². The molecule has 1 heterocycles. The van der Waals surface area contributed by atoms with Crippen molar-refractivity contribution >= 4 is 29.0 Å². The summed E-state index contributed by atoms with van der Waals surface area (Å²) in [7, 11) is 0. The van der Waals surface area contributed by atoms with E-state index in [4.69, 9.17) is 5.73 Å². The van der Waals surface area contributed by atoms with Gasteiger partial charge in [0.25, 0.3) is 0 Å². The molecular formula is C20H24F3N3O4S. The van der Waals surface area contributed by atoms with Gasteiger partial charge in [0.05, 0.1) is 0 Å². The Hall–Kier alpha value is -2.11. The Kier molecular flexibility index (Phi) is 6.16. The first kappa shape index (κ1) is 23.6. The summed E-state index contributed by atoms with van der Waals surface area (Å²) < 4.78 is 54.2. The highest BCUT2D eigenvalue weighted by atomic mass is 32.2. The highest BCUT2D eigenvalue weighted by molar-refractivity contribution is 7.91. The molecule has 2 N–H and O–H groups in total. The van der Waals surface area contributed by atoms with Crippen molar-refractivity contribution in [1.29, 1.82) is 0 Å². The number of primary amides is 1. The van der Waals surface area contributed by atoms with Gasteiger partial charge in [-0.05, 0) is 57.7 Å². The van der Waals surface area contributed by atoms with E-state index in [-0.39, 0.29) is 13.1 Å². The highest BCUT2D eigenvalue weighted by Crippen LogP contribution is 2.46. The number of rotatable bonds is 3. The molecule has 170 valence electrons. The van der Waals surface area contributed by atoms with Crippen LogP contribution in [-0.4, -0.2) is 51.2 Å². The number of benzene rings is 1. The summed E-state index contributed by atoms with van der Waals surface area (Å²) in [4.78, 5) is 27.3. The predicted molar refractivity (Wildman–Crippen MR) is 108 cm³/mol. The summed E-state index contributed by atoms with van der Waals surface area (Å²) in [6.45, 7) is 5.50. The zero-order valence-electron chi connectivity index (χ0n) is 17.4. The number of alkyl halides is 3. The van der Waals surface area contributed by atoms with Crippen molar-refractivity contribution in [2.75, 3.05) is 13.1 Å². The molecule has 0 saturated carbocycles. The zero-order valence-corrected chi connectivity index (χ0v) is 18.2. The van der Waals surface area contributed by atoms with Crippen molar-refractivity contribution in [1.82, 2.24) is 5.06 Å². The fourth-order valence-electron chi connectivity index (χ4n) is 3.79. The van der Waals surface area contributed by atoms with E-state index in [1.807, 2.05) is 0 Å². The molecule has 0 radical (unpaired) electrons. The number of hydrogen-bond acceptors (Lipinski definition) is 6. The van der Waals surface area contributed by atoms with E-state index in [1.54, 1.807) is 39.0 Å². The van der Waals surface area contributed by atoms with Crippen LogP contribution in [-0.2, 0) is 27.4 Å². The number of nitrogens with two attached hydrogens (primary N) is 1. The summed E-state index contributed by atoms with van der Waals surface area (Å²) in [6, 6.07) is 5.01. The summed E-state index contributed by atoms with van der Waals surface area (Å²) in [5, 5.41) is 0.997. The molecular weight excluding hydrogens is 435 g/mol. The first-order valence-corrected chi connectivity index (χ1v) is 10.8. The van der Waals surface area contributed by atoms with E-state index in [9.17, 15) is 27.3 Å². The highest BCUT2D eigenvalue weighted by Gasteiger charge is 2.49. The van der Waals surface area contributed by atoms with Crippen LogP contribution in [0.1, 0.15) is 55.1 Å². The molecule has 1 aromatic carbocycles. The Bertz CT molecular complexity index is 919. The third kappa shape index (κ3) is 4.88. The minimum Gasteiger partial charge on any atom is -0.591 e. The van der Waals surface area contributed by atoms with Crippen molar-refractivity contribution in [3.63, 3.8) is 0 Å². The summed E-state index contributed by atoms with van der Waals surface area (Å²) in [5.74, 6) is -2.86. The van der Waals surface area contributed by atoms with E-state index in [0.29, 0.717) is 36.1 Å². The van der Waals surface area contributed by atoms with Crippen LogP contribution < -0.4 is 5.73 Å². The molecule has 1 atom stereocenters. The standard InChI is InChI=1S/C20H24F3N3O4S/c1-18(2,3)31(29)25-15-14-10-12(16(24)27)4-5-13(14)11-19(15)6-8-26(9-7-19)30-17(28)20(21,22)23/h4-5,10H,6-9,11H2,1-3H3,(H2,24,27). The SMILES string of the molecule is CC(C)(C)[S+]([O-])N=C1c2cc(C(N)=O)ccc2CC12CCN(OC(=O)C(F)(F)F)CC2. The molecule has 1 aromatic rings. The molecule has 1 saturated heterocycles. The molecule has 1 aliphatic carbocycles. The topological polar surface area (TPSA) is 108 Å². The van der Waals surface area contributed by atoms with Crippen LogP contribution in [0.15, 0.2) is 22.6 Å². The van der Waals surface area contributed by atoms with Crippen LogP contribution in [0.3, 0.4) is 0 Å². The second kappa shape index (κ2) is 8.10. The van der Waals surface area contributed by atoms with Crippen LogP contribution in [0.25, 0.3) is 0 Å². The Labute approximate surface area is 181 Å². The van der Waals surface area contributed by atoms with Crippen LogP contribution in [0.2, 0.25) is 0 Å². The summed E-state index contributed by atoms with van der Waals surface area (Å²) >= 11 is -1.59. The van der Waals surface area contributed by atoms with Gasteiger partial charge in [-0.25, -0.2) is 4.79 Å². The third-order valence-corrected chi connectivity index (χ3v) is 6.90. The van der Waals surface area contributed by atoms with Gasteiger partial charge in [0.2, 0.25) is 5.91 Å². The van der Waals surface area contributed by atoms with E-state index < -0.39 is 39.6 Å². The number of halogens is 3. The van der Waals surface area contributed by atoms with Crippen LogP contribution in [0.5, 0.6) is 0 Å². The monoisotopic (exact) mass is 459 g/mol. The van der Waals surface area contributed by atoms with Gasteiger partial charge in [0.15, 0.2) is 0 Å². The molecule has 1 unspecified atom stereocenters. The normalized spacial score (nSPS) is 21.2. The molecule has 31 heavy (non-hydrogen) atoms. The molecule has 11 heteroatoms. The van der Waals surface area contributed by atoms with Crippen LogP contribution in [0.4, 0.5) is 13.2 Å². The number of hydroxylamine groups is 2. The van der Waals surface area contributed by atoms with E-state index in [2.05, 4.69) is 9.24 Å².